The number of nitriles is 1. The Morgan fingerprint density at radius 2 is 1.85 bits per heavy atom. The smallest absolute Gasteiger partial charge is 0.295 e. The third-order valence-corrected chi connectivity index (χ3v) is 4.99. The van der Waals surface area contributed by atoms with Crippen molar-refractivity contribution in [3.8, 4) is 6.07 Å². The van der Waals surface area contributed by atoms with E-state index < -0.39 is 10.7 Å². The Balaban J connectivity index is 1.83. The molecular weight excluding hydrogens is 341 g/mol. The first-order chi connectivity index (χ1) is 12.6. The number of benzene rings is 1. The number of hydrogen-bond donors (Lipinski definition) is 1. The van der Waals surface area contributed by atoms with Gasteiger partial charge in [0.1, 0.15) is 5.69 Å². The number of piperazine rings is 1. The molecular formula is C17H23FN5O3+. The van der Waals surface area contributed by atoms with Crippen LogP contribution in [0.4, 0.5) is 21.5 Å². The molecule has 9 heteroatoms. The van der Waals surface area contributed by atoms with Crippen molar-refractivity contribution in [2.24, 2.45) is 0 Å². The molecule has 0 spiro atoms. The maximum atomic E-state index is 14.5. The molecule has 0 amide bonds. The summed E-state index contributed by atoms with van der Waals surface area (Å²) < 4.78 is 19.8. The van der Waals surface area contributed by atoms with Crippen LogP contribution in [-0.2, 0) is 4.74 Å². The Kier molecular flexibility index (Phi) is 5.85. The Labute approximate surface area is 151 Å². The molecule has 2 fully saturated rings. The summed E-state index contributed by atoms with van der Waals surface area (Å²) in [6, 6.07) is 4.80. The number of quaternary nitrogens is 1. The highest BCUT2D eigenvalue weighted by Gasteiger charge is 2.29. The highest BCUT2D eigenvalue weighted by Crippen LogP contribution is 2.35. The second-order valence-electron chi connectivity index (χ2n) is 6.54. The van der Waals surface area contributed by atoms with Gasteiger partial charge >= 0.3 is 0 Å². The first-order valence-electron chi connectivity index (χ1n) is 8.86. The lowest BCUT2D eigenvalue weighted by Crippen LogP contribution is -3.14. The van der Waals surface area contributed by atoms with Crippen molar-refractivity contribution in [3.63, 3.8) is 0 Å². The first kappa shape index (κ1) is 18.4. The zero-order chi connectivity index (χ0) is 18.5. The SMILES string of the molecule is N#CCC[NH+]1CCN(c2cc(N3CCOCC3)c(F)cc2[N+](=O)[O-])CC1. The van der Waals surface area contributed by atoms with E-state index in [0.29, 0.717) is 57.2 Å². The highest BCUT2D eigenvalue weighted by molar-refractivity contribution is 5.71. The fourth-order valence-corrected chi connectivity index (χ4v) is 3.53. The van der Waals surface area contributed by atoms with Gasteiger partial charge in [-0.3, -0.25) is 10.1 Å². The van der Waals surface area contributed by atoms with E-state index in [1.807, 2.05) is 9.80 Å². The predicted molar refractivity (Wildman–Crippen MR) is 94.1 cm³/mol. The molecule has 0 radical (unpaired) electrons. The number of rotatable bonds is 5. The summed E-state index contributed by atoms with van der Waals surface area (Å²) in [5.41, 5.74) is 0.672. The molecule has 140 valence electrons. The lowest BCUT2D eigenvalue weighted by molar-refractivity contribution is -0.900. The summed E-state index contributed by atoms with van der Waals surface area (Å²) in [7, 11) is 0. The van der Waals surface area contributed by atoms with Gasteiger partial charge in [-0.25, -0.2) is 4.39 Å². The third kappa shape index (κ3) is 4.03. The number of halogens is 1. The van der Waals surface area contributed by atoms with Crippen molar-refractivity contribution in [1.82, 2.24) is 0 Å². The standard InChI is InChI=1S/C17H22FN5O3/c18-14-12-17(23(24)25)16(13-15(14)22-8-10-26-11-9-22)21-6-4-20(5-7-21)3-1-2-19/h12-13H,1,3-11H2/p+1. The van der Waals surface area contributed by atoms with Crippen LogP contribution < -0.4 is 14.7 Å². The Bertz CT molecular complexity index is 694. The molecule has 0 atom stereocenters. The van der Waals surface area contributed by atoms with Crippen LogP contribution in [0.1, 0.15) is 6.42 Å². The van der Waals surface area contributed by atoms with E-state index in [0.717, 1.165) is 25.7 Å². The quantitative estimate of drug-likeness (QED) is 0.593. The van der Waals surface area contributed by atoms with Gasteiger partial charge in [-0.15, -0.1) is 0 Å². The van der Waals surface area contributed by atoms with Crippen LogP contribution in [0.5, 0.6) is 0 Å². The molecule has 1 aromatic rings. The lowest BCUT2D eigenvalue weighted by Gasteiger charge is -2.34. The van der Waals surface area contributed by atoms with Crippen LogP contribution in [0.2, 0.25) is 0 Å². The highest BCUT2D eigenvalue weighted by atomic mass is 19.1. The topological polar surface area (TPSA) is 87.1 Å². The third-order valence-electron chi connectivity index (χ3n) is 4.99. The van der Waals surface area contributed by atoms with E-state index in [1.165, 1.54) is 4.90 Å². The van der Waals surface area contributed by atoms with Gasteiger partial charge in [0.25, 0.3) is 5.69 Å². The van der Waals surface area contributed by atoms with Crippen LogP contribution in [0.3, 0.4) is 0 Å². The first-order valence-corrected chi connectivity index (χ1v) is 8.86. The molecule has 8 nitrogen and oxygen atoms in total. The monoisotopic (exact) mass is 364 g/mol. The fourth-order valence-electron chi connectivity index (χ4n) is 3.53. The summed E-state index contributed by atoms with van der Waals surface area (Å²) >= 11 is 0. The zero-order valence-electron chi connectivity index (χ0n) is 14.6. The number of anilines is 2. The van der Waals surface area contributed by atoms with E-state index in [-0.39, 0.29) is 5.69 Å². The minimum atomic E-state index is -0.569. The average molecular weight is 364 g/mol. The van der Waals surface area contributed by atoms with Crippen molar-refractivity contribution in [2.75, 3.05) is 68.8 Å². The predicted octanol–water partition coefficient (Wildman–Crippen LogP) is 0.189. The number of nitro benzene ring substituents is 1. The number of nitrogens with zero attached hydrogens (tertiary/aromatic N) is 4. The second kappa shape index (κ2) is 8.29. The summed E-state index contributed by atoms with van der Waals surface area (Å²) in [5.74, 6) is -0.569. The van der Waals surface area contributed by atoms with Gasteiger partial charge in [0.05, 0.1) is 75.1 Å². The molecule has 0 aliphatic carbocycles. The molecule has 0 saturated carbocycles. The number of nitro groups is 1. The number of ether oxygens (including phenoxy) is 1. The van der Waals surface area contributed by atoms with Crippen molar-refractivity contribution in [1.29, 1.82) is 5.26 Å². The maximum Gasteiger partial charge on any atom is 0.295 e. The van der Waals surface area contributed by atoms with E-state index in [4.69, 9.17) is 10.00 Å². The summed E-state index contributed by atoms with van der Waals surface area (Å²) in [6.07, 6.45) is 0.507. The Hall–Kier alpha value is -2.44. The number of nitrogens with one attached hydrogen (secondary N) is 1. The van der Waals surface area contributed by atoms with Gasteiger partial charge in [0, 0.05) is 13.1 Å². The van der Waals surface area contributed by atoms with Crippen LogP contribution in [0.15, 0.2) is 12.1 Å². The van der Waals surface area contributed by atoms with Crippen molar-refractivity contribution in [2.45, 2.75) is 6.42 Å². The van der Waals surface area contributed by atoms with E-state index in [9.17, 15) is 14.5 Å². The van der Waals surface area contributed by atoms with Crippen LogP contribution in [-0.4, -0.2) is 64.0 Å². The largest absolute Gasteiger partial charge is 0.378 e. The molecule has 2 heterocycles. The van der Waals surface area contributed by atoms with Crippen LogP contribution in [0, 0.1) is 27.3 Å². The summed E-state index contributed by atoms with van der Waals surface area (Å²) in [4.78, 5) is 16.1. The lowest BCUT2D eigenvalue weighted by atomic mass is 10.1. The van der Waals surface area contributed by atoms with Crippen LogP contribution in [0.25, 0.3) is 0 Å². The van der Waals surface area contributed by atoms with Crippen molar-refractivity contribution >= 4 is 17.1 Å². The molecule has 0 aromatic heterocycles. The zero-order valence-corrected chi connectivity index (χ0v) is 14.6. The van der Waals surface area contributed by atoms with Gasteiger partial charge in [0.15, 0.2) is 5.82 Å². The molecule has 0 bridgehead atoms. The van der Waals surface area contributed by atoms with Gasteiger partial charge in [0.2, 0.25) is 0 Å². The van der Waals surface area contributed by atoms with E-state index >= 15 is 0 Å². The van der Waals surface area contributed by atoms with Crippen LogP contribution >= 0.6 is 0 Å². The van der Waals surface area contributed by atoms with Gasteiger partial charge in [-0.2, -0.15) is 5.26 Å². The fraction of sp³-hybridized carbons (Fsp3) is 0.588. The molecule has 1 aromatic carbocycles. The minimum Gasteiger partial charge on any atom is -0.378 e. The van der Waals surface area contributed by atoms with Gasteiger partial charge in [-0.1, -0.05) is 0 Å². The maximum absolute atomic E-state index is 14.5. The summed E-state index contributed by atoms with van der Waals surface area (Å²) in [5, 5.41) is 20.2. The number of morpholine rings is 1. The second-order valence-corrected chi connectivity index (χ2v) is 6.54. The molecule has 0 unspecified atom stereocenters. The minimum absolute atomic E-state index is 0.194. The van der Waals surface area contributed by atoms with E-state index in [2.05, 4.69) is 6.07 Å². The number of hydrogen-bond acceptors (Lipinski definition) is 6. The van der Waals surface area contributed by atoms with Gasteiger partial charge in [-0.05, 0) is 6.07 Å². The molecule has 3 rings (SSSR count). The molecule has 2 aliphatic heterocycles. The van der Waals surface area contributed by atoms with Crippen molar-refractivity contribution < 1.29 is 19.0 Å². The molecule has 26 heavy (non-hydrogen) atoms. The average Bonchev–Trinajstić information content (AvgIpc) is 2.67. The Morgan fingerprint density at radius 3 is 2.46 bits per heavy atom. The molecule has 1 N–H and O–H groups in total. The molecule has 2 aliphatic rings. The van der Waals surface area contributed by atoms with Gasteiger partial charge < -0.3 is 19.4 Å². The summed E-state index contributed by atoms with van der Waals surface area (Å²) in [6.45, 7) is 5.88. The molecule has 2 saturated heterocycles. The Morgan fingerprint density at radius 1 is 1.19 bits per heavy atom. The normalized spacial score (nSPS) is 18.6. The van der Waals surface area contributed by atoms with Crippen molar-refractivity contribution in [3.05, 3.63) is 28.1 Å². The van der Waals surface area contributed by atoms with E-state index in [1.54, 1.807) is 6.07 Å².